The zero-order chi connectivity index (χ0) is 16.6. The fourth-order valence-corrected chi connectivity index (χ4v) is 4.20. The molecular formula is C18H17N5OS. The van der Waals surface area contributed by atoms with Crippen LogP contribution in [0.2, 0.25) is 0 Å². The Balaban J connectivity index is 1.44. The molecule has 0 spiro atoms. The van der Waals surface area contributed by atoms with Crippen molar-refractivity contribution in [3.8, 4) is 11.4 Å². The van der Waals surface area contributed by atoms with Gasteiger partial charge in [0.25, 0.3) is 0 Å². The zero-order valence-corrected chi connectivity index (χ0v) is 14.4. The topological polar surface area (TPSA) is 69.6 Å². The van der Waals surface area contributed by atoms with Crippen molar-refractivity contribution in [2.45, 2.75) is 38.1 Å². The quantitative estimate of drug-likeness (QED) is 0.550. The highest BCUT2D eigenvalue weighted by atomic mass is 32.1. The van der Waals surface area contributed by atoms with Crippen molar-refractivity contribution in [1.82, 2.24) is 25.1 Å². The smallest absolute Gasteiger partial charge is 0.232 e. The molecule has 4 aromatic rings. The van der Waals surface area contributed by atoms with E-state index in [-0.39, 0.29) is 0 Å². The summed E-state index contributed by atoms with van der Waals surface area (Å²) in [6, 6.07) is 10.7. The molecule has 7 heteroatoms. The Morgan fingerprint density at radius 3 is 2.96 bits per heavy atom. The van der Waals surface area contributed by atoms with Crippen molar-refractivity contribution in [2.24, 2.45) is 0 Å². The molecule has 1 aliphatic carbocycles. The van der Waals surface area contributed by atoms with E-state index in [2.05, 4.69) is 37.3 Å². The molecule has 0 radical (unpaired) electrons. The lowest BCUT2D eigenvalue weighted by atomic mass is 10.1. The number of nitrogens with zero attached hydrogens (tertiary/aromatic N) is 5. The van der Waals surface area contributed by atoms with Crippen molar-refractivity contribution >= 4 is 22.4 Å². The summed E-state index contributed by atoms with van der Waals surface area (Å²) >= 11 is 1.69. The molecule has 25 heavy (non-hydrogen) atoms. The van der Waals surface area contributed by atoms with E-state index >= 15 is 0 Å². The monoisotopic (exact) mass is 351 g/mol. The maximum Gasteiger partial charge on any atom is 0.232 e. The van der Waals surface area contributed by atoms with Crippen LogP contribution in [0.5, 0.6) is 0 Å². The number of benzene rings is 1. The van der Waals surface area contributed by atoms with E-state index in [9.17, 15) is 0 Å². The molecule has 0 saturated heterocycles. The molecule has 0 aliphatic heterocycles. The van der Waals surface area contributed by atoms with E-state index in [1.807, 2.05) is 23.6 Å². The largest absolute Gasteiger partial charge is 0.339 e. The van der Waals surface area contributed by atoms with Crippen molar-refractivity contribution in [2.75, 3.05) is 0 Å². The molecule has 1 saturated carbocycles. The molecule has 0 amide bonds. The maximum atomic E-state index is 5.40. The van der Waals surface area contributed by atoms with E-state index < -0.39 is 0 Å². The summed E-state index contributed by atoms with van der Waals surface area (Å²) in [6.45, 7) is 0. The van der Waals surface area contributed by atoms with Crippen molar-refractivity contribution in [3.63, 3.8) is 0 Å². The van der Waals surface area contributed by atoms with Gasteiger partial charge in [0, 0.05) is 10.4 Å². The first kappa shape index (κ1) is 14.8. The lowest BCUT2D eigenvalue weighted by Gasteiger charge is -2.09. The summed E-state index contributed by atoms with van der Waals surface area (Å²) in [6.07, 6.45) is 5.61. The predicted octanol–water partition coefficient (Wildman–Crippen LogP) is 4.25. The van der Waals surface area contributed by atoms with Gasteiger partial charge in [-0.3, -0.25) is 0 Å². The molecule has 1 aromatic carbocycles. The van der Waals surface area contributed by atoms with Gasteiger partial charge in [-0.15, -0.1) is 16.4 Å². The highest BCUT2D eigenvalue weighted by Crippen LogP contribution is 2.32. The minimum absolute atomic E-state index is 0.485. The van der Waals surface area contributed by atoms with Crippen molar-refractivity contribution in [3.05, 3.63) is 46.5 Å². The van der Waals surface area contributed by atoms with Gasteiger partial charge in [0.2, 0.25) is 11.7 Å². The third kappa shape index (κ3) is 2.74. The minimum Gasteiger partial charge on any atom is -0.339 e. The number of hydrogen-bond donors (Lipinski definition) is 0. The van der Waals surface area contributed by atoms with Crippen LogP contribution in [0.1, 0.15) is 42.5 Å². The van der Waals surface area contributed by atoms with E-state index in [0.717, 1.165) is 16.6 Å². The Morgan fingerprint density at radius 1 is 1.20 bits per heavy atom. The molecule has 6 nitrogen and oxygen atoms in total. The van der Waals surface area contributed by atoms with E-state index in [0.29, 0.717) is 24.2 Å². The van der Waals surface area contributed by atoms with E-state index in [1.54, 1.807) is 11.3 Å². The van der Waals surface area contributed by atoms with Crippen molar-refractivity contribution < 1.29 is 4.52 Å². The van der Waals surface area contributed by atoms with Gasteiger partial charge in [-0.05, 0) is 42.5 Å². The summed E-state index contributed by atoms with van der Waals surface area (Å²) in [5.74, 6) is 1.23. The molecule has 1 fully saturated rings. The first-order valence-electron chi connectivity index (χ1n) is 8.57. The Morgan fingerprint density at radius 2 is 2.12 bits per heavy atom. The number of hydrogen-bond acceptors (Lipinski definition) is 6. The third-order valence-corrected chi connectivity index (χ3v) is 5.65. The second kappa shape index (κ2) is 6.07. The van der Waals surface area contributed by atoms with Gasteiger partial charge in [0.15, 0.2) is 0 Å². The van der Waals surface area contributed by atoms with Crippen LogP contribution in [0.25, 0.3) is 22.4 Å². The van der Waals surface area contributed by atoms with Gasteiger partial charge in [-0.2, -0.15) is 4.98 Å². The number of aromatic nitrogens is 5. The van der Waals surface area contributed by atoms with Gasteiger partial charge in [-0.1, -0.05) is 29.3 Å². The SMILES string of the molecule is c1csc(Cc2nc(-c3ccc4c(c3)nnn4C3CCCC3)no2)c1. The highest BCUT2D eigenvalue weighted by molar-refractivity contribution is 7.09. The third-order valence-electron chi connectivity index (χ3n) is 4.77. The first-order chi connectivity index (χ1) is 12.4. The molecule has 5 rings (SSSR count). The average molecular weight is 351 g/mol. The van der Waals surface area contributed by atoms with E-state index in [1.165, 1.54) is 30.6 Å². The van der Waals surface area contributed by atoms with Gasteiger partial charge in [-0.25, -0.2) is 4.68 Å². The first-order valence-corrected chi connectivity index (χ1v) is 9.45. The Kier molecular flexibility index (Phi) is 3.59. The molecule has 0 unspecified atom stereocenters. The Hall–Kier alpha value is -2.54. The highest BCUT2D eigenvalue weighted by Gasteiger charge is 2.20. The average Bonchev–Trinajstić information content (AvgIpc) is 3.41. The molecule has 126 valence electrons. The van der Waals surface area contributed by atoms with Crippen LogP contribution in [0.3, 0.4) is 0 Å². The number of rotatable bonds is 4. The summed E-state index contributed by atoms with van der Waals surface area (Å²) < 4.78 is 7.47. The summed E-state index contributed by atoms with van der Waals surface area (Å²) in [5, 5.41) is 14.9. The second-order valence-corrected chi connectivity index (χ2v) is 7.48. The fourth-order valence-electron chi connectivity index (χ4n) is 3.51. The standard InChI is InChI=1S/C18H17N5OS/c1-2-5-13(4-1)23-16-8-7-12(10-15(16)20-22-23)18-19-17(24-21-18)11-14-6-3-9-25-14/h3,6-10,13H,1-2,4-5,11H2. The molecule has 0 bridgehead atoms. The summed E-state index contributed by atoms with van der Waals surface area (Å²) in [5.41, 5.74) is 2.87. The minimum atomic E-state index is 0.485. The zero-order valence-electron chi connectivity index (χ0n) is 13.6. The molecule has 3 aromatic heterocycles. The second-order valence-electron chi connectivity index (χ2n) is 6.44. The molecule has 1 aliphatic rings. The normalized spacial score (nSPS) is 15.4. The van der Waals surface area contributed by atoms with Gasteiger partial charge >= 0.3 is 0 Å². The molecule has 3 heterocycles. The summed E-state index contributed by atoms with van der Waals surface area (Å²) in [7, 11) is 0. The lowest BCUT2D eigenvalue weighted by Crippen LogP contribution is -2.06. The van der Waals surface area contributed by atoms with Crippen LogP contribution in [-0.2, 0) is 6.42 Å². The van der Waals surface area contributed by atoms with E-state index in [4.69, 9.17) is 4.52 Å². The van der Waals surface area contributed by atoms with Crippen LogP contribution in [0.15, 0.2) is 40.2 Å². The van der Waals surface area contributed by atoms with Crippen LogP contribution in [-0.4, -0.2) is 25.1 Å². The van der Waals surface area contributed by atoms with Crippen molar-refractivity contribution in [1.29, 1.82) is 0 Å². The molecule has 0 N–H and O–H groups in total. The van der Waals surface area contributed by atoms with Crippen LogP contribution in [0.4, 0.5) is 0 Å². The molecular weight excluding hydrogens is 334 g/mol. The Labute approximate surface area is 148 Å². The Bertz CT molecular complexity index is 998. The molecule has 0 atom stereocenters. The van der Waals surface area contributed by atoms with Crippen LogP contribution < -0.4 is 0 Å². The number of thiophene rings is 1. The van der Waals surface area contributed by atoms with Gasteiger partial charge < -0.3 is 4.52 Å². The predicted molar refractivity (Wildman–Crippen MR) is 95.5 cm³/mol. The van der Waals surface area contributed by atoms with Crippen LogP contribution >= 0.6 is 11.3 Å². The van der Waals surface area contributed by atoms with Gasteiger partial charge in [0.1, 0.15) is 5.52 Å². The fraction of sp³-hybridized carbons (Fsp3) is 0.333. The number of fused-ring (bicyclic) bond motifs is 1. The van der Waals surface area contributed by atoms with Gasteiger partial charge in [0.05, 0.1) is 18.0 Å². The maximum absolute atomic E-state index is 5.40. The van der Waals surface area contributed by atoms with Crippen LogP contribution in [0, 0.1) is 0 Å². The lowest BCUT2D eigenvalue weighted by molar-refractivity contribution is 0.386. The summed E-state index contributed by atoms with van der Waals surface area (Å²) in [4.78, 5) is 5.73.